The Bertz CT molecular complexity index is 169. The van der Waals surface area contributed by atoms with Gasteiger partial charge in [0.15, 0.2) is 0 Å². The van der Waals surface area contributed by atoms with Gasteiger partial charge in [0.1, 0.15) is 0 Å². The maximum Gasteiger partial charge on any atom is 0.559 e. The highest BCUT2D eigenvalue weighted by atomic mass is 16.9. The molecule has 0 rings (SSSR count). The Kier molecular flexibility index (Phi) is 3.92. The molecule has 2 N–H and O–H groups in total. The minimum absolute atomic E-state index is 1.22. The zero-order valence-electron chi connectivity index (χ0n) is 4.62. The van der Waals surface area contributed by atoms with E-state index in [1.165, 1.54) is 23.3 Å². The Morgan fingerprint density at radius 3 is 1.90 bits per heavy atom. The van der Waals surface area contributed by atoms with E-state index in [2.05, 4.69) is 9.68 Å². The zero-order chi connectivity index (χ0) is 7.82. The molecule has 0 aliphatic rings. The Balaban J connectivity index is 3.30. The fourth-order valence-electron chi connectivity index (χ4n) is 0.150. The van der Waals surface area contributed by atoms with Gasteiger partial charge in [-0.3, -0.25) is 9.68 Å². The van der Waals surface area contributed by atoms with Gasteiger partial charge in [-0.2, -0.15) is 15.3 Å². The van der Waals surface area contributed by atoms with Crippen LogP contribution in [0.5, 0.6) is 0 Å². The van der Waals surface area contributed by atoms with Gasteiger partial charge in [0, 0.05) is 0 Å². The quantitative estimate of drug-likeness (QED) is 0.292. The highest BCUT2D eigenvalue weighted by Crippen LogP contribution is 1.74. The Labute approximate surface area is 55.7 Å². The van der Waals surface area contributed by atoms with E-state index in [-0.39, 0.29) is 0 Å². The number of nitrogens with zero attached hydrogens (tertiary/aromatic N) is 2. The average molecular weight is 142 g/mol. The summed E-state index contributed by atoms with van der Waals surface area (Å²) >= 11 is 0. The van der Waals surface area contributed by atoms with Crippen molar-refractivity contribution < 1.29 is 14.5 Å². The summed E-state index contributed by atoms with van der Waals surface area (Å²) in [5.74, 6) is 0. The van der Waals surface area contributed by atoms with E-state index in [1.807, 2.05) is 0 Å². The second-order valence-corrected chi connectivity index (χ2v) is 0.882. The molecule has 7 heteroatoms. The van der Waals surface area contributed by atoms with Crippen LogP contribution >= 0.6 is 0 Å². The van der Waals surface area contributed by atoms with Crippen molar-refractivity contribution in [3.05, 3.63) is 0 Å². The van der Waals surface area contributed by atoms with Crippen molar-refractivity contribution >= 4 is 6.16 Å². The molecule has 0 unspecified atom stereocenters. The predicted octanol–water partition coefficient (Wildman–Crippen LogP) is -0.889. The number of nitrogens with one attached hydrogen (secondary N) is 2. The maximum absolute atomic E-state index is 10.1. The molecule has 0 saturated carbocycles. The summed E-state index contributed by atoms with van der Waals surface area (Å²) in [4.78, 5) is 17.7. The monoisotopic (exact) mass is 142 g/mol. The van der Waals surface area contributed by atoms with Gasteiger partial charge in [-0.15, -0.1) is 11.0 Å². The van der Waals surface area contributed by atoms with Gasteiger partial charge >= 0.3 is 6.16 Å². The Hall–Kier alpha value is -2.15. The Morgan fingerprint density at radius 1 is 1.20 bits per heavy atom. The summed E-state index contributed by atoms with van der Waals surface area (Å²) < 4.78 is 0. The van der Waals surface area contributed by atoms with Crippen LogP contribution in [0, 0.1) is 22.9 Å². The molecular formula is C3H2N4O3. The van der Waals surface area contributed by atoms with Crippen LogP contribution in [0.4, 0.5) is 4.79 Å². The lowest BCUT2D eigenvalue weighted by molar-refractivity contribution is 0.0124. The first-order valence-corrected chi connectivity index (χ1v) is 1.97. The van der Waals surface area contributed by atoms with E-state index in [0.717, 1.165) is 0 Å². The second kappa shape index (κ2) is 5.00. The predicted molar refractivity (Wildman–Crippen MR) is 25.1 cm³/mol. The third-order valence-electron chi connectivity index (χ3n) is 0.360. The molecule has 10 heavy (non-hydrogen) atoms. The van der Waals surface area contributed by atoms with Crippen molar-refractivity contribution in [2.75, 3.05) is 0 Å². The third-order valence-corrected chi connectivity index (χ3v) is 0.360. The molecule has 0 aliphatic heterocycles. The van der Waals surface area contributed by atoms with E-state index in [1.54, 1.807) is 0 Å². The molecule has 7 nitrogen and oxygen atoms in total. The molecular weight excluding hydrogens is 140 g/mol. The molecule has 0 bridgehead atoms. The van der Waals surface area contributed by atoms with Gasteiger partial charge in [-0.25, -0.2) is 0 Å². The third kappa shape index (κ3) is 4.02. The van der Waals surface area contributed by atoms with Gasteiger partial charge in [0.2, 0.25) is 12.4 Å². The molecule has 0 fully saturated rings. The molecule has 0 aliphatic carbocycles. The van der Waals surface area contributed by atoms with Crippen LogP contribution in [0.1, 0.15) is 0 Å². The van der Waals surface area contributed by atoms with Crippen LogP contribution < -0.4 is 11.0 Å². The topological polar surface area (TPSA) is 107 Å². The van der Waals surface area contributed by atoms with Crippen molar-refractivity contribution in [2.45, 2.75) is 0 Å². The molecule has 0 aromatic heterocycles. The number of carbonyl (C=O) groups excluding carboxylic acids is 1. The van der Waals surface area contributed by atoms with E-state index in [4.69, 9.17) is 10.5 Å². The zero-order valence-corrected chi connectivity index (χ0v) is 4.62. The summed E-state index contributed by atoms with van der Waals surface area (Å²) in [5.41, 5.74) is 3.08. The standard InChI is InChI=1S/C3H2N4O3/c4-1-6-9-3(8)10-7-2-5/h6-7H. The number of nitriles is 2. The number of hydrogen-bond donors (Lipinski definition) is 2. The van der Waals surface area contributed by atoms with E-state index in [9.17, 15) is 4.79 Å². The van der Waals surface area contributed by atoms with Crippen molar-refractivity contribution in [3.63, 3.8) is 0 Å². The van der Waals surface area contributed by atoms with Gasteiger partial charge in [0.05, 0.1) is 0 Å². The lowest BCUT2D eigenvalue weighted by Gasteiger charge is -1.96. The van der Waals surface area contributed by atoms with Crippen LogP contribution in [0.3, 0.4) is 0 Å². The fraction of sp³-hybridized carbons (Fsp3) is 0. The number of carbonyl (C=O) groups is 1. The van der Waals surface area contributed by atoms with Gasteiger partial charge in [0.25, 0.3) is 0 Å². The van der Waals surface area contributed by atoms with Crippen molar-refractivity contribution in [1.29, 1.82) is 10.5 Å². The van der Waals surface area contributed by atoms with Gasteiger partial charge < -0.3 is 0 Å². The smallest absolute Gasteiger partial charge is 0.297 e. The van der Waals surface area contributed by atoms with Crippen LogP contribution in [0.15, 0.2) is 0 Å². The van der Waals surface area contributed by atoms with Crippen molar-refractivity contribution in [2.24, 2.45) is 0 Å². The number of hydrogen-bond acceptors (Lipinski definition) is 7. The largest absolute Gasteiger partial charge is 0.559 e. The van der Waals surface area contributed by atoms with Gasteiger partial charge in [-0.05, 0) is 0 Å². The number of hydroxylamine groups is 2. The molecule has 0 atom stereocenters. The molecule has 0 saturated heterocycles. The Morgan fingerprint density at radius 2 is 1.60 bits per heavy atom. The van der Waals surface area contributed by atoms with Crippen LogP contribution in [0.25, 0.3) is 0 Å². The molecule has 52 valence electrons. The number of rotatable bonds is 2. The minimum atomic E-state index is -1.22. The van der Waals surface area contributed by atoms with Gasteiger partial charge in [-0.1, -0.05) is 0 Å². The summed E-state index contributed by atoms with van der Waals surface area (Å²) in [6.45, 7) is 0. The summed E-state index contributed by atoms with van der Waals surface area (Å²) in [6.07, 6.45) is 1.36. The lowest BCUT2D eigenvalue weighted by Crippen LogP contribution is -2.21. The van der Waals surface area contributed by atoms with Crippen LogP contribution in [0.2, 0.25) is 0 Å². The second-order valence-electron chi connectivity index (χ2n) is 0.882. The van der Waals surface area contributed by atoms with E-state index in [0.29, 0.717) is 0 Å². The first kappa shape index (κ1) is 7.85. The SMILES string of the molecule is N#CNOC(=O)ONC#N. The first-order valence-electron chi connectivity index (χ1n) is 1.97. The normalized spacial score (nSPS) is 6.20. The van der Waals surface area contributed by atoms with Crippen LogP contribution in [-0.4, -0.2) is 6.16 Å². The fourth-order valence-corrected chi connectivity index (χ4v) is 0.150. The first-order chi connectivity index (χ1) is 4.81. The van der Waals surface area contributed by atoms with Crippen molar-refractivity contribution in [3.8, 4) is 12.4 Å². The van der Waals surface area contributed by atoms with Crippen molar-refractivity contribution in [1.82, 2.24) is 11.0 Å². The molecule has 0 spiro atoms. The molecule has 0 heterocycles. The average Bonchev–Trinajstić information content (AvgIpc) is 1.97. The van der Waals surface area contributed by atoms with E-state index < -0.39 is 6.16 Å². The highest BCUT2D eigenvalue weighted by molar-refractivity contribution is 5.59. The summed E-state index contributed by atoms with van der Waals surface area (Å²) in [5, 5.41) is 15.5. The maximum atomic E-state index is 10.1. The molecule has 0 aromatic carbocycles. The van der Waals surface area contributed by atoms with E-state index >= 15 is 0 Å². The molecule has 0 amide bonds. The highest BCUT2D eigenvalue weighted by Gasteiger charge is 2.00. The summed E-state index contributed by atoms with van der Waals surface area (Å²) in [6, 6.07) is 0. The minimum Gasteiger partial charge on any atom is -0.297 e. The lowest BCUT2D eigenvalue weighted by atomic mass is 11.3. The molecule has 0 radical (unpaired) electrons. The molecule has 0 aromatic rings. The van der Waals surface area contributed by atoms with Crippen LogP contribution in [-0.2, 0) is 9.68 Å². The summed E-state index contributed by atoms with van der Waals surface area (Å²) in [7, 11) is 0.